The van der Waals surface area contributed by atoms with E-state index in [1.165, 1.54) is 0 Å². The van der Waals surface area contributed by atoms with E-state index in [0.717, 1.165) is 18.5 Å². The maximum Gasteiger partial charge on any atom is 0.269 e. The maximum atomic E-state index is 11.7. The molecule has 1 aromatic heterocycles. The molecular formula is C11H18N4O3S. The van der Waals surface area contributed by atoms with Crippen LogP contribution in [0.4, 0.5) is 5.69 Å². The fourth-order valence-electron chi connectivity index (χ4n) is 1.34. The summed E-state index contributed by atoms with van der Waals surface area (Å²) in [4.78, 5) is 15.7. The molecular weight excluding hydrogens is 268 g/mol. The number of anilines is 1. The smallest absolute Gasteiger partial charge is 0.269 e. The first kappa shape index (κ1) is 15.4. The number of pyridine rings is 1. The standard InChI is InChI=1S/C11H18N4O3S/c1-3-12-9-4-5-10(14-8-9)11(16)13-6-7-15-19(2,17)18/h4-5,8,12,15H,3,6-7H2,1-2H3,(H,13,16). The first-order chi connectivity index (χ1) is 8.92. The summed E-state index contributed by atoms with van der Waals surface area (Å²) in [5, 5.41) is 5.65. The van der Waals surface area contributed by atoms with Gasteiger partial charge in [0.1, 0.15) is 5.69 Å². The SMILES string of the molecule is CCNc1ccc(C(=O)NCCNS(C)(=O)=O)nc1. The highest BCUT2D eigenvalue weighted by Gasteiger charge is 2.06. The van der Waals surface area contributed by atoms with E-state index in [1.807, 2.05) is 6.92 Å². The number of amides is 1. The van der Waals surface area contributed by atoms with Gasteiger partial charge in [0.25, 0.3) is 5.91 Å². The van der Waals surface area contributed by atoms with Crippen LogP contribution in [-0.2, 0) is 10.0 Å². The molecule has 0 unspecified atom stereocenters. The van der Waals surface area contributed by atoms with Crippen molar-refractivity contribution in [3.63, 3.8) is 0 Å². The van der Waals surface area contributed by atoms with Crippen molar-refractivity contribution in [2.45, 2.75) is 6.92 Å². The third-order valence-electron chi connectivity index (χ3n) is 2.15. The van der Waals surface area contributed by atoms with Crippen molar-refractivity contribution in [3.8, 4) is 0 Å². The number of aromatic nitrogens is 1. The molecule has 0 radical (unpaired) electrons. The number of hydrogen-bond acceptors (Lipinski definition) is 5. The molecule has 0 atom stereocenters. The summed E-state index contributed by atoms with van der Waals surface area (Å²) in [6.07, 6.45) is 2.64. The van der Waals surface area contributed by atoms with Crippen LogP contribution in [0.3, 0.4) is 0 Å². The Kier molecular flexibility index (Phi) is 5.71. The summed E-state index contributed by atoms with van der Waals surface area (Å²) < 4.78 is 23.9. The Balaban J connectivity index is 2.41. The van der Waals surface area contributed by atoms with E-state index in [0.29, 0.717) is 5.69 Å². The first-order valence-corrected chi connectivity index (χ1v) is 7.74. The fraction of sp³-hybridized carbons (Fsp3) is 0.455. The summed E-state index contributed by atoms with van der Waals surface area (Å²) in [7, 11) is -3.22. The van der Waals surface area contributed by atoms with Gasteiger partial charge in [-0.1, -0.05) is 0 Å². The number of sulfonamides is 1. The Morgan fingerprint density at radius 3 is 2.58 bits per heavy atom. The van der Waals surface area contributed by atoms with E-state index in [2.05, 4.69) is 20.3 Å². The van der Waals surface area contributed by atoms with E-state index < -0.39 is 10.0 Å². The third kappa shape index (κ3) is 6.16. The lowest BCUT2D eigenvalue weighted by molar-refractivity contribution is 0.0949. The van der Waals surface area contributed by atoms with Crippen molar-refractivity contribution in [3.05, 3.63) is 24.0 Å². The number of nitrogens with one attached hydrogen (secondary N) is 3. The molecule has 1 heterocycles. The molecule has 106 valence electrons. The van der Waals surface area contributed by atoms with Crippen molar-refractivity contribution < 1.29 is 13.2 Å². The third-order valence-corrected chi connectivity index (χ3v) is 2.88. The molecule has 0 aromatic carbocycles. The average molecular weight is 286 g/mol. The summed E-state index contributed by atoms with van der Waals surface area (Å²) in [5.74, 6) is -0.335. The topological polar surface area (TPSA) is 100 Å². The van der Waals surface area contributed by atoms with E-state index in [-0.39, 0.29) is 19.0 Å². The van der Waals surface area contributed by atoms with Crippen molar-refractivity contribution in [2.24, 2.45) is 0 Å². The van der Waals surface area contributed by atoms with Crippen LogP contribution in [0.2, 0.25) is 0 Å². The van der Waals surface area contributed by atoms with Gasteiger partial charge in [0.2, 0.25) is 10.0 Å². The predicted molar refractivity (Wildman–Crippen MR) is 73.6 cm³/mol. The molecule has 8 heteroatoms. The minimum absolute atomic E-state index is 0.153. The molecule has 0 saturated carbocycles. The second-order valence-electron chi connectivity index (χ2n) is 3.88. The number of carbonyl (C=O) groups excluding carboxylic acids is 1. The van der Waals surface area contributed by atoms with Crippen molar-refractivity contribution >= 4 is 21.6 Å². The summed E-state index contributed by atoms with van der Waals surface area (Å²) >= 11 is 0. The zero-order valence-corrected chi connectivity index (χ0v) is 11.8. The van der Waals surface area contributed by atoms with Gasteiger partial charge in [-0.2, -0.15) is 0 Å². The molecule has 0 aliphatic heterocycles. The van der Waals surface area contributed by atoms with Crippen molar-refractivity contribution in [1.29, 1.82) is 0 Å². The van der Waals surface area contributed by atoms with Gasteiger partial charge < -0.3 is 10.6 Å². The van der Waals surface area contributed by atoms with E-state index >= 15 is 0 Å². The van der Waals surface area contributed by atoms with Gasteiger partial charge in [-0.3, -0.25) is 4.79 Å². The largest absolute Gasteiger partial charge is 0.384 e. The highest BCUT2D eigenvalue weighted by atomic mass is 32.2. The summed E-state index contributed by atoms with van der Waals surface area (Å²) in [5.41, 5.74) is 1.14. The monoisotopic (exact) mass is 286 g/mol. The van der Waals surface area contributed by atoms with Crippen LogP contribution in [0.5, 0.6) is 0 Å². The number of carbonyl (C=O) groups is 1. The van der Waals surface area contributed by atoms with Crippen LogP contribution in [0.15, 0.2) is 18.3 Å². The number of rotatable bonds is 7. The fourth-order valence-corrected chi connectivity index (χ4v) is 1.81. The summed E-state index contributed by atoms with van der Waals surface area (Å²) in [6, 6.07) is 3.37. The molecule has 7 nitrogen and oxygen atoms in total. The minimum atomic E-state index is -3.22. The predicted octanol–water partition coefficient (Wildman–Crippen LogP) is -0.208. The summed E-state index contributed by atoms with van der Waals surface area (Å²) in [6.45, 7) is 3.11. The van der Waals surface area contributed by atoms with Gasteiger partial charge in [0.15, 0.2) is 0 Å². The molecule has 1 amide bonds. The molecule has 3 N–H and O–H groups in total. The van der Waals surface area contributed by atoms with Crippen molar-refractivity contribution in [1.82, 2.24) is 15.0 Å². The van der Waals surface area contributed by atoms with Crippen LogP contribution in [0.25, 0.3) is 0 Å². The van der Waals surface area contributed by atoms with Gasteiger partial charge in [0, 0.05) is 19.6 Å². The highest BCUT2D eigenvalue weighted by molar-refractivity contribution is 7.88. The van der Waals surface area contributed by atoms with Crippen LogP contribution < -0.4 is 15.4 Å². The molecule has 0 spiro atoms. The molecule has 0 aliphatic rings. The maximum absolute atomic E-state index is 11.7. The second kappa shape index (κ2) is 7.05. The van der Waals surface area contributed by atoms with Gasteiger partial charge >= 0.3 is 0 Å². The molecule has 19 heavy (non-hydrogen) atoms. The van der Waals surface area contributed by atoms with Crippen LogP contribution in [0, 0.1) is 0 Å². The normalized spacial score (nSPS) is 11.1. The number of hydrogen-bond donors (Lipinski definition) is 3. The Hall–Kier alpha value is -1.67. The zero-order valence-electron chi connectivity index (χ0n) is 10.9. The van der Waals surface area contributed by atoms with Crippen LogP contribution in [-0.4, -0.2) is 45.2 Å². The van der Waals surface area contributed by atoms with Crippen LogP contribution >= 0.6 is 0 Å². The molecule has 0 fully saturated rings. The van der Waals surface area contributed by atoms with Gasteiger partial charge in [-0.05, 0) is 19.1 Å². The Morgan fingerprint density at radius 2 is 2.05 bits per heavy atom. The Morgan fingerprint density at radius 1 is 1.32 bits per heavy atom. The lowest BCUT2D eigenvalue weighted by Gasteiger charge is -2.06. The minimum Gasteiger partial charge on any atom is -0.384 e. The molecule has 0 aliphatic carbocycles. The zero-order chi connectivity index (χ0) is 14.3. The second-order valence-corrected chi connectivity index (χ2v) is 5.72. The number of nitrogens with zero attached hydrogens (tertiary/aromatic N) is 1. The molecule has 1 rings (SSSR count). The Bertz CT molecular complexity index is 513. The quantitative estimate of drug-likeness (QED) is 0.602. The highest BCUT2D eigenvalue weighted by Crippen LogP contribution is 2.05. The lowest BCUT2D eigenvalue weighted by atomic mass is 10.3. The Labute approximate surface area is 112 Å². The molecule has 0 saturated heterocycles. The molecule has 0 bridgehead atoms. The average Bonchev–Trinajstić information content (AvgIpc) is 2.34. The van der Waals surface area contributed by atoms with Crippen molar-refractivity contribution in [2.75, 3.05) is 31.2 Å². The van der Waals surface area contributed by atoms with E-state index in [1.54, 1.807) is 18.3 Å². The van der Waals surface area contributed by atoms with E-state index in [9.17, 15) is 13.2 Å². The van der Waals surface area contributed by atoms with Gasteiger partial charge in [-0.15, -0.1) is 0 Å². The van der Waals surface area contributed by atoms with Crippen LogP contribution in [0.1, 0.15) is 17.4 Å². The van der Waals surface area contributed by atoms with E-state index in [4.69, 9.17) is 0 Å². The van der Waals surface area contributed by atoms with Gasteiger partial charge in [0.05, 0.1) is 18.1 Å². The first-order valence-electron chi connectivity index (χ1n) is 5.85. The lowest BCUT2D eigenvalue weighted by Crippen LogP contribution is -2.34. The molecule has 1 aromatic rings. The van der Waals surface area contributed by atoms with Gasteiger partial charge in [-0.25, -0.2) is 18.1 Å².